The molecule has 1 aromatic carbocycles. The van der Waals surface area contributed by atoms with Gasteiger partial charge in [0.25, 0.3) is 0 Å². The van der Waals surface area contributed by atoms with Crippen LogP contribution in [0.1, 0.15) is 19.3 Å². The van der Waals surface area contributed by atoms with Crippen molar-refractivity contribution in [2.24, 2.45) is 18.9 Å². The van der Waals surface area contributed by atoms with Gasteiger partial charge in [0.15, 0.2) is 0 Å². The molecule has 3 heterocycles. The molecular weight excluding hydrogens is 352 g/mol. The molecule has 1 N–H and O–H groups in total. The lowest BCUT2D eigenvalue weighted by Gasteiger charge is -2.21. The van der Waals surface area contributed by atoms with Crippen molar-refractivity contribution in [2.75, 3.05) is 26.2 Å². The molecule has 0 bridgehead atoms. The average molecular weight is 379 g/mol. The zero-order valence-electron chi connectivity index (χ0n) is 15.2. The molecular formula is C19H27ClN4O2. The number of carbonyl (C=O) groups is 1. The van der Waals surface area contributed by atoms with E-state index >= 15 is 0 Å². The van der Waals surface area contributed by atoms with Gasteiger partial charge in [0.2, 0.25) is 5.91 Å². The third-order valence-corrected chi connectivity index (χ3v) is 5.97. The largest absolute Gasteiger partial charge is 0.343 e. The first-order valence-electron chi connectivity index (χ1n) is 9.28. The molecule has 6 nitrogen and oxygen atoms in total. The van der Waals surface area contributed by atoms with Crippen LogP contribution in [0.25, 0.3) is 11.0 Å². The van der Waals surface area contributed by atoms with E-state index in [4.69, 9.17) is 0 Å². The Hall–Kier alpha value is -1.79. The molecule has 26 heavy (non-hydrogen) atoms. The van der Waals surface area contributed by atoms with Crippen molar-refractivity contribution in [2.45, 2.75) is 25.8 Å². The Morgan fingerprint density at radius 2 is 1.73 bits per heavy atom. The number of hydrogen-bond donors (Lipinski definition) is 1. The summed E-state index contributed by atoms with van der Waals surface area (Å²) in [6.45, 7) is 4.35. The summed E-state index contributed by atoms with van der Waals surface area (Å²) in [5.74, 6) is 1.62. The number of aryl methyl sites for hydroxylation is 2. The van der Waals surface area contributed by atoms with Crippen LogP contribution in [0, 0.1) is 11.8 Å². The molecule has 2 aliphatic rings. The van der Waals surface area contributed by atoms with Crippen LogP contribution >= 0.6 is 12.4 Å². The fourth-order valence-corrected chi connectivity index (χ4v) is 4.41. The fraction of sp³-hybridized carbons (Fsp3) is 0.579. The lowest BCUT2D eigenvalue weighted by atomic mass is 9.92. The van der Waals surface area contributed by atoms with Crippen LogP contribution in [0.15, 0.2) is 29.1 Å². The van der Waals surface area contributed by atoms with Crippen LogP contribution in [-0.4, -0.2) is 46.1 Å². The number of aromatic nitrogens is 2. The van der Waals surface area contributed by atoms with Gasteiger partial charge in [-0.1, -0.05) is 12.1 Å². The number of nitrogens with zero attached hydrogens (tertiary/aromatic N) is 3. The maximum Gasteiger partial charge on any atom is 0.328 e. The molecule has 7 heteroatoms. The van der Waals surface area contributed by atoms with Crippen molar-refractivity contribution in [3.63, 3.8) is 0 Å². The first-order valence-corrected chi connectivity index (χ1v) is 9.28. The fourth-order valence-electron chi connectivity index (χ4n) is 4.41. The van der Waals surface area contributed by atoms with Crippen molar-refractivity contribution < 1.29 is 4.79 Å². The van der Waals surface area contributed by atoms with Gasteiger partial charge in [-0.2, -0.15) is 0 Å². The second-order valence-electron chi connectivity index (χ2n) is 7.37. The van der Waals surface area contributed by atoms with E-state index in [1.807, 2.05) is 29.2 Å². The van der Waals surface area contributed by atoms with Crippen molar-refractivity contribution in [1.82, 2.24) is 19.4 Å². The molecule has 142 valence electrons. The summed E-state index contributed by atoms with van der Waals surface area (Å²) in [4.78, 5) is 27.2. The Kier molecular flexibility index (Phi) is 5.73. The predicted octanol–water partition coefficient (Wildman–Crippen LogP) is 1.61. The third-order valence-electron chi connectivity index (χ3n) is 5.97. The third kappa shape index (κ3) is 3.40. The minimum absolute atomic E-state index is 0. The molecule has 0 radical (unpaired) electrons. The zero-order chi connectivity index (χ0) is 17.4. The summed E-state index contributed by atoms with van der Waals surface area (Å²) in [6.07, 6.45) is 2.58. The van der Waals surface area contributed by atoms with Crippen LogP contribution in [0.5, 0.6) is 0 Å². The second-order valence-corrected chi connectivity index (χ2v) is 7.37. The molecule has 0 unspecified atom stereocenters. The Balaban J connectivity index is 0.00000196. The molecule has 2 atom stereocenters. The van der Waals surface area contributed by atoms with Gasteiger partial charge in [-0.15, -0.1) is 12.4 Å². The van der Waals surface area contributed by atoms with Gasteiger partial charge in [0.1, 0.15) is 0 Å². The summed E-state index contributed by atoms with van der Waals surface area (Å²) in [6, 6.07) is 7.75. The number of fused-ring (bicyclic) bond motifs is 2. The van der Waals surface area contributed by atoms with E-state index in [1.165, 1.54) is 0 Å². The predicted molar refractivity (Wildman–Crippen MR) is 105 cm³/mol. The van der Waals surface area contributed by atoms with Crippen molar-refractivity contribution in [3.05, 3.63) is 34.7 Å². The van der Waals surface area contributed by atoms with Gasteiger partial charge in [-0.05, 0) is 49.9 Å². The minimum atomic E-state index is -0.0505. The van der Waals surface area contributed by atoms with E-state index in [2.05, 4.69) is 5.32 Å². The van der Waals surface area contributed by atoms with Gasteiger partial charge in [-0.3, -0.25) is 13.9 Å². The monoisotopic (exact) mass is 378 g/mol. The van der Waals surface area contributed by atoms with Gasteiger partial charge >= 0.3 is 5.69 Å². The van der Waals surface area contributed by atoms with Gasteiger partial charge in [-0.25, -0.2) is 4.79 Å². The van der Waals surface area contributed by atoms with E-state index in [-0.39, 0.29) is 24.0 Å². The number of halogens is 1. The highest BCUT2D eigenvalue weighted by Gasteiger charge is 2.31. The lowest BCUT2D eigenvalue weighted by molar-refractivity contribution is -0.131. The summed E-state index contributed by atoms with van der Waals surface area (Å²) < 4.78 is 3.38. The van der Waals surface area contributed by atoms with E-state index < -0.39 is 0 Å². The molecule has 4 rings (SSSR count). The van der Waals surface area contributed by atoms with E-state index in [1.54, 1.807) is 16.2 Å². The maximum absolute atomic E-state index is 12.7. The SMILES string of the molecule is Cl.Cn1c(=O)n(CCC(=O)N2CC[C@@H]3CNC[C@@H]3CC2)c2ccccc21. The highest BCUT2D eigenvalue weighted by molar-refractivity contribution is 5.85. The number of rotatable bonds is 3. The molecule has 1 aromatic heterocycles. The Morgan fingerprint density at radius 1 is 1.12 bits per heavy atom. The molecule has 0 spiro atoms. The number of likely N-dealkylation sites (tertiary alicyclic amines) is 1. The van der Waals surface area contributed by atoms with Gasteiger partial charge < -0.3 is 10.2 Å². The molecule has 2 aromatic rings. The summed E-state index contributed by atoms with van der Waals surface area (Å²) >= 11 is 0. The summed E-state index contributed by atoms with van der Waals surface area (Å²) in [7, 11) is 1.78. The van der Waals surface area contributed by atoms with Crippen LogP contribution in [0.4, 0.5) is 0 Å². The summed E-state index contributed by atoms with van der Waals surface area (Å²) in [5.41, 5.74) is 1.76. The van der Waals surface area contributed by atoms with E-state index in [0.717, 1.165) is 61.9 Å². The second kappa shape index (κ2) is 7.84. The minimum Gasteiger partial charge on any atom is -0.343 e. The van der Waals surface area contributed by atoms with Crippen LogP contribution in [0.3, 0.4) is 0 Å². The number of amides is 1. The van der Waals surface area contributed by atoms with Crippen molar-refractivity contribution in [1.29, 1.82) is 0 Å². The van der Waals surface area contributed by atoms with Crippen LogP contribution in [0.2, 0.25) is 0 Å². The highest BCUT2D eigenvalue weighted by atomic mass is 35.5. The van der Waals surface area contributed by atoms with Crippen molar-refractivity contribution in [3.8, 4) is 0 Å². The molecule has 2 fully saturated rings. The number of nitrogens with one attached hydrogen (secondary N) is 1. The lowest BCUT2D eigenvalue weighted by Crippen LogP contribution is -2.34. The molecule has 2 saturated heterocycles. The molecule has 0 aliphatic carbocycles. The maximum atomic E-state index is 12.7. The van der Waals surface area contributed by atoms with Gasteiger partial charge in [0.05, 0.1) is 11.0 Å². The van der Waals surface area contributed by atoms with Crippen molar-refractivity contribution >= 4 is 29.3 Å². The number of para-hydroxylation sites is 2. The quantitative estimate of drug-likeness (QED) is 0.882. The Morgan fingerprint density at radius 3 is 2.38 bits per heavy atom. The van der Waals surface area contributed by atoms with E-state index in [0.29, 0.717) is 13.0 Å². The number of imidazole rings is 1. The topological polar surface area (TPSA) is 59.3 Å². The van der Waals surface area contributed by atoms with E-state index in [9.17, 15) is 9.59 Å². The van der Waals surface area contributed by atoms with Crippen LogP contribution in [-0.2, 0) is 18.4 Å². The zero-order valence-corrected chi connectivity index (χ0v) is 16.0. The standard InChI is InChI=1S/C19H26N4O2.ClH/c1-21-16-4-2-3-5-17(16)23(19(21)25)11-8-18(24)22-9-6-14-12-20-13-15(14)7-10-22;/h2-5,14-15,20H,6-13H2,1H3;1H/t14-,15+;. The van der Waals surface area contributed by atoms with Gasteiger partial charge in [0, 0.05) is 33.1 Å². The number of carbonyl (C=O) groups excluding carboxylic acids is 1. The smallest absolute Gasteiger partial charge is 0.328 e. The summed E-state index contributed by atoms with van der Waals surface area (Å²) in [5, 5.41) is 3.46. The number of hydrogen-bond acceptors (Lipinski definition) is 3. The Bertz CT molecular complexity index is 830. The highest BCUT2D eigenvalue weighted by Crippen LogP contribution is 2.27. The molecule has 1 amide bonds. The first-order chi connectivity index (χ1) is 12.1. The average Bonchev–Trinajstić information content (AvgIpc) is 3.10. The first kappa shape index (κ1) is 19.0. The van der Waals surface area contributed by atoms with Crippen LogP contribution < -0.4 is 11.0 Å². The number of benzene rings is 1. The Labute approximate surface area is 159 Å². The molecule has 2 aliphatic heterocycles. The molecule has 0 saturated carbocycles. The normalized spacial score (nSPS) is 22.7.